The van der Waals surface area contributed by atoms with E-state index in [1.54, 1.807) is 12.4 Å². The van der Waals surface area contributed by atoms with E-state index in [1.807, 2.05) is 66.4 Å². The average Bonchev–Trinajstić information content (AvgIpc) is 2.75. The van der Waals surface area contributed by atoms with Crippen LogP contribution in [0, 0.1) is 5.41 Å². The number of nitrogens with zero attached hydrogens (tertiary/aromatic N) is 2. The van der Waals surface area contributed by atoms with Crippen molar-refractivity contribution in [3.8, 4) is 0 Å². The third-order valence-electron chi connectivity index (χ3n) is 5.33. The molecular formula is C24H28N2O3. The summed E-state index contributed by atoms with van der Waals surface area (Å²) < 4.78 is 5.41. The number of likely N-dealkylation sites (tertiary alicyclic amines) is 1. The Bertz CT molecular complexity index is 836. The van der Waals surface area contributed by atoms with Gasteiger partial charge >= 0.3 is 5.97 Å². The zero-order valence-corrected chi connectivity index (χ0v) is 16.9. The van der Waals surface area contributed by atoms with E-state index >= 15 is 0 Å². The van der Waals surface area contributed by atoms with Crippen LogP contribution in [-0.2, 0) is 20.7 Å². The first-order valence-electron chi connectivity index (χ1n) is 10.2. The normalized spacial score (nSPS) is 19.3. The fourth-order valence-corrected chi connectivity index (χ4v) is 3.82. The number of piperidine rings is 1. The number of benzene rings is 1. The summed E-state index contributed by atoms with van der Waals surface area (Å²) in [4.78, 5) is 31.6. The first-order chi connectivity index (χ1) is 14.1. The second-order valence-electron chi connectivity index (χ2n) is 7.47. The Balaban J connectivity index is 1.73. The first kappa shape index (κ1) is 20.8. The molecule has 1 aromatic heterocycles. The summed E-state index contributed by atoms with van der Waals surface area (Å²) in [5.74, 6) is -0.185. The molecule has 1 amide bonds. The molecule has 5 nitrogen and oxygen atoms in total. The number of hydrogen-bond donors (Lipinski definition) is 0. The quantitative estimate of drug-likeness (QED) is 0.671. The molecule has 1 aromatic carbocycles. The van der Waals surface area contributed by atoms with Gasteiger partial charge in [-0.05, 0) is 43.4 Å². The first-order valence-corrected chi connectivity index (χ1v) is 10.2. The van der Waals surface area contributed by atoms with Crippen molar-refractivity contribution in [2.75, 3.05) is 19.7 Å². The standard InChI is InChI=1S/C24H28N2O3/c1-2-29-23(28)24(13-6-11-20-9-4-3-5-10-20)14-8-16-26(19-24)22(27)17-21-12-7-15-25-18-21/h3-7,9-12,15,18H,2,8,13-14,16-17,19H2,1H3/b11-6+/t24-/m1/s1. The predicted molar refractivity (Wildman–Crippen MR) is 113 cm³/mol. The molecule has 2 heterocycles. The highest BCUT2D eigenvalue weighted by Gasteiger charge is 2.43. The van der Waals surface area contributed by atoms with Gasteiger partial charge in [-0.15, -0.1) is 0 Å². The molecule has 0 unspecified atom stereocenters. The molecule has 0 saturated carbocycles. The van der Waals surface area contributed by atoms with Crippen molar-refractivity contribution in [2.24, 2.45) is 5.41 Å². The number of rotatable bonds is 7. The molecule has 0 spiro atoms. The Morgan fingerprint density at radius 1 is 1.21 bits per heavy atom. The summed E-state index contributed by atoms with van der Waals surface area (Å²) in [6.07, 6.45) is 9.82. The number of carbonyl (C=O) groups excluding carboxylic acids is 2. The van der Waals surface area contributed by atoms with Gasteiger partial charge in [0, 0.05) is 25.5 Å². The third-order valence-corrected chi connectivity index (χ3v) is 5.33. The van der Waals surface area contributed by atoms with E-state index in [1.165, 1.54) is 0 Å². The maximum atomic E-state index is 12.9. The van der Waals surface area contributed by atoms with Crippen LogP contribution in [0.2, 0.25) is 0 Å². The van der Waals surface area contributed by atoms with Crippen LogP contribution in [0.15, 0.2) is 60.9 Å². The number of pyridine rings is 1. The number of carbonyl (C=O) groups is 2. The van der Waals surface area contributed by atoms with E-state index < -0.39 is 5.41 Å². The van der Waals surface area contributed by atoms with Crippen molar-refractivity contribution in [3.63, 3.8) is 0 Å². The number of esters is 1. The van der Waals surface area contributed by atoms with Crippen LogP contribution in [0.5, 0.6) is 0 Å². The highest BCUT2D eigenvalue weighted by Crippen LogP contribution is 2.36. The van der Waals surface area contributed by atoms with Crippen LogP contribution in [0.3, 0.4) is 0 Å². The van der Waals surface area contributed by atoms with Gasteiger partial charge in [0.05, 0.1) is 18.4 Å². The van der Waals surface area contributed by atoms with Crippen molar-refractivity contribution in [1.29, 1.82) is 0 Å². The number of amides is 1. The molecule has 1 saturated heterocycles. The number of aromatic nitrogens is 1. The molecule has 1 atom stereocenters. The van der Waals surface area contributed by atoms with E-state index in [9.17, 15) is 9.59 Å². The minimum absolute atomic E-state index is 0.0263. The van der Waals surface area contributed by atoms with Gasteiger partial charge in [0.1, 0.15) is 0 Å². The maximum Gasteiger partial charge on any atom is 0.314 e. The van der Waals surface area contributed by atoms with Gasteiger partial charge in [-0.3, -0.25) is 14.6 Å². The van der Waals surface area contributed by atoms with Crippen LogP contribution >= 0.6 is 0 Å². The lowest BCUT2D eigenvalue weighted by Gasteiger charge is -2.40. The molecule has 1 aliphatic heterocycles. The lowest BCUT2D eigenvalue weighted by atomic mass is 9.76. The maximum absolute atomic E-state index is 12.9. The van der Waals surface area contributed by atoms with E-state index in [-0.39, 0.29) is 11.9 Å². The summed E-state index contributed by atoms with van der Waals surface area (Å²) in [7, 11) is 0. The predicted octanol–water partition coefficient (Wildman–Crippen LogP) is 3.90. The summed E-state index contributed by atoms with van der Waals surface area (Å²) >= 11 is 0. The zero-order valence-electron chi connectivity index (χ0n) is 16.9. The molecule has 0 bridgehead atoms. The fourth-order valence-electron chi connectivity index (χ4n) is 3.82. The van der Waals surface area contributed by atoms with Crippen molar-refractivity contribution >= 4 is 18.0 Å². The Kier molecular flexibility index (Phi) is 7.17. The van der Waals surface area contributed by atoms with Crippen LogP contribution < -0.4 is 0 Å². The van der Waals surface area contributed by atoms with E-state index in [4.69, 9.17) is 4.74 Å². The van der Waals surface area contributed by atoms with Crippen LogP contribution in [-0.4, -0.2) is 41.5 Å². The minimum atomic E-state index is -0.690. The molecule has 0 aliphatic carbocycles. The van der Waals surface area contributed by atoms with Gasteiger partial charge in [-0.1, -0.05) is 48.6 Å². The summed E-state index contributed by atoms with van der Waals surface area (Å²) in [5.41, 5.74) is 1.28. The molecule has 2 aromatic rings. The molecule has 1 aliphatic rings. The average molecular weight is 392 g/mol. The molecule has 5 heteroatoms. The zero-order chi connectivity index (χ0) is 20.5. The SMILES string of the molecule is CCOC(=O)[C@]1(C/C=C/c2ccccc2)CCCN(C(=O)Cc2cccnc2)C1. The molecule has 3 rings (SSSR count). The van der Waals surface area contributed by atoms with Crippen LogP contribution in [0.4, 0.5) is 0 Å². The highest BCUT2D eigenvalue weighted by molar-refractivity contribution is 5.82. The number of allylic oxidation sites excluding steroid dienone is 1. The number of ether oxygens (including phenoxy) is 1. The second-order valence-corrected chi connectivity index (χ2v) is 7.47. The van der Waals surface area contributed by atoms with Gasteiger partial charge in [0.15, 0.2) is 0 Å². The van der Waals surface area contributed by atoms with Gasteiger partial charge < -0.3 is 9.64 Å². The highest BCUT2D eigenvalue weighted by atomic mass is 16.5. The Morgan fingerprint density at radius 3 is 2.76 bits per heavy atom. The Labute approximate surface area is 172 Å². The van der Waals surface area contributed by atoms with Crippen LogP contribution in [0.1, 0.15) is 37.3 Å². The topological polar surface area (TPSA) is 59.5 Å². The fraction of sp³-hybridized carbons (Fsp3) is 0.375. The van der Waals surface area contributed by atoms with E-state index in [2.05, 4.69) is 4.98 Å². The van der Waals surface area contributed by atoms with Crippen molar-refractivity contribution in [3.05, 3.63) is 72.1 Å². The van der Waals surface area contributed by atoms with E-state index in [0.29, 0.717) is 32.5 Å². The molecule has 1 fully saturated rings. The largest absolute Gasteiger partial charge is 0.466 e. The van der Waals surface area contributed by atoms with Crippen molar-refractivity contribution in [2.45, 2.75) is 32.6 Å². The molecular weight excluding hydrogens is 364 g/mol. The molecule has 0 radical (unpaired) electrons. The molecule has 29 heavy (non-hydrogen) atoms. The van der Waals surface area contributed by atoms with Crippen LogP contribution in [0.25, 0.3) is 6.08 Å². The Hall–Kier alpha value is -2.95. The van der Waals surface area contributed by atoms with Gasteiger partial charge in [0.2, 0.25) is 5.91 Å². The van der Waals surface area contributed by atoms with E-state index in [0.717, 1.165) is 24.0 Å². The smallest absolute Gasteiger partial charge is 0.314 e. The lowest BCUT2D eigenvalue weighted by molar-refractivity contribution is -0.160. The number of hydrogen-bond acceptors (Lipinski definition) is 4. The third kappa shape index (κ3) is 5.53. The Morgan fingerprint density at radius 2 is 2.03 bits per heavy atom. The lowest BCUT2D eigenvalue weighted by Crippen LogP contribution is -2.50. The van der Waals surface area contributed by atoms with Crippen molar-refractivity contribution in [1.82, 2.24) is 9.88 Å². The molecule has 0 N–H and O–H groups in total. The second kappa shape index (κ2) is 10.0. The minimum Gasteiger partial charge on any atom is -0.466 e. The van der Waals surface area contributed by atoms with Gasteiger partial charge in [-0.25, -0.2) is 0 Å². The molecule has 152 valence electrons. The summed E-state index contributed by atoms with van der Waals surface area (Å²) in [6.45, 7) is 3.22. The summed E-state index contributed by atoms with van der Waals surface area (Å²) in [6, 6.07) is 13.7. The van der Waals surface area contributed by atoms with Crippen molar-refractivity contribution < 1.29 is 14.3 Å². The summed E-state index contributed by atoms with van der Waals surface area (Å²) in [5, 5.41) is 0. The van der Waals surface area contributed by atoms with Gasteiger partial charge in [0.25, 0.3) is 0 Å². The van der Waals surface area contributed by atoms with Gasteiger partial charge in [-0.2, -0.15) is 0 Å². The monoisotopic (exact) mass is 392 g/mol.